The molecule has 1 amide bonds. The van der Waals surface area contributed by atoms with Gasteiger partial charge in [-0.1, -0.05) is 53.8 Å². The second-order valence-electron chi connectivity index (χ2n) is 6.90. The third-order valence-corrected chi connectivity index (χ3v) is 5.91. The number of carbonyl (C=O) groups is 1. The zero-order chi connectivity index (χ0) is 21.1. The highest BCUT2D eigenvalue weighted by atomic mass is 32.1. The van der Waals surface area contributed by atoms with Crippen LogP contribution in [0.3, 0.4) is 0 Å². The zero-order valence-electron chi connectivity index (χ0n) is 17.1. The Hall–Kier alpha value is -3.38. The van der Waals surface area contributed by atoms with E-state index in [1.165, 1.54) is 11.3 Å². The van der Waals surface area contributed by atoms with Gasteiger partial charge >= 0.3 is 0 Å². The van der Waals surface area contributed by atoms with E-state index in [4.69, 9.17) is 14.5 Å². The van der Waals surface area contributed by atoms with Crippen LogP contribution in [0.2, 0.25) is 0 Å². The number of aromatic nitrogens is 1. The highest BCUT2D eigenvalue weighted by molar-refractivity contribution is 7.22. The third-order valence-electron chi connectivity index (χ3n) is 4.87. The minimum absolute atomic E-state index is 0.159. The maximum atomic E-state index is 13.6. The molecule has 0 atom stereocenters. The molecular formula is C24H22N2O3S. The molecule has 4 aromatic rings. The van der Waals surface area contributed by atoms with Gasteiger partial charge in [0.2, 0.25) is 0 Å². The smallest absolute Gasteiger partial charge is 0.260 e. The van der Waals surface area contributed by atoms with Gasteiger partial charge in [-0.2, -0.15) is 0 Å². The summed E-state index contributed by atoms with van der Waals surface area (Å²) in [5.41, 5.74) is 3.52. The second-order valence-corrected chi connectivity index (χ2v) is 7.91. The number of methoxy groups -OCH3 is 2. The van der Waals surface area contributed by atoms with Gasteiger partial charge in [-0.05, 0) is 36.2 Å². The van der Waals surface area contributed by atoms with Gasteiger partial charge in [-0.25, -0.2) is 4.98 Å². The molecule has 0 aliphatic carbocycles. The lowest BCUT2D eigenvalue weighted by atomic mass is 10.1. The van der Waals surface area contributed by atoms with Crippen molar-refractivity contribution in [1.29, 1.82) is 0 Å². The highest BCUT2D eigenvalue weighted by Gasteiger charge is 2.23. The average molecular weight is 419 g/mol. The largest absolute Gasteiger partial charge is 0.497 e. The molecule has 0 spiro atoms. The van der Waals surface area contributed by atoms with E-state index < -0.39 is 0 Å². The van der Waals surface area contributed by atoms with Crippen LogP contribution in [0.4, 0.5) is 5.13 Å². The van der Waals surface area contributed by atoms with E-state index in [-0.39, 0.29) is 5.91 Å². The fourth-order valence-corrected chi connectivity index (χ4v) is 4.31. The minimum Gasteiger partial charge on any atom is -0.497 e. The van der Waals surface area contributed by atoms with E-state index in [1.54, 1.807) is 37.3 Å². The van der Waals surface area contributed by atoms with Crippen molar-refractivity contribution in [2.75, 3.05) is 19.1 Å². The third kappa shape index (κ3) is 4.00. The summed E-state index contributed by atoms with van der Waals surface area (Å²) in [4.78, 5) is 20.1. The van der Waals surface area contributed by atoms with E-state index in [0.717, 1.165) is 21.3 Å². The number of hydrogen-bond acceptors (Lipinski definition) is 5. The maximum Gasteiger partial charge on any atom is 0.260 e. The summed E-state index contributed by atoms with van der Waals surface area (Å²) in [6.45, 7) is 2.44. The van der Waals surface area contributed by atoms with Crippen LogP contribution < -0.4 is 14.4 Å². The molecule has 0 bridgehead atoms. The number of fused-ring (bicyclic) bond motifs is 1. The Morgan fingerprint density at radius 1 is 0.967 bits per heavy atom. The Labute approximate surface area is 179 Å². The number of amides is 1. The number of aryl methyl sites for hydroxylation is 1. The Morgan fingerprint density at radius 3 is 2.30 bits per heavy atom. The number of hydrogen-bond donors (Lipinski definition) is 0. The summed E-state index contributed by atoms with van der Waals surface area (Å²) in [6, 6.07) is 21.2. The van der Waals surface area contributed by atoms with Crippen molar-refractivity contribution < 1.29 is 14.3 Å². The van der Waals surface area contributed by atoms with E-state index in [0.29, 0.717) is 28.7 Å². The van der Waals surface area contributed by atoms with Crippen LogP contribution in [0.15, 0.2) is 66.7 Å². The molecule has 1 aromatic heterocycles. The number of rotatable bonds is 6. The Balaban J connectivity index is 1.80. The molecule has 152 valence electrons. The summed E-state index contributed by atoms with van der Waals surface area (Å²) in [5.74, 6) is 0.975. The standard InChI is InChI=1S/C24H22N2O3S/c1-16-8-7-11-21-22(16)25-24(30-21)26(15-17-9-5-4-6-10-17)23(27)18-12-19(28-2)14-20(13-18)29-3/h4-14H,15H2,1-3H3. The van der Waals surface area contributed by atoms with Gasteiger partial charge in [0.25, 0.3) is 5.91 Å². The molecule has 5 nitrogen and oxygen atoms in total. The number of benzene rings is 3. The summed E-state index contributed by atoms with van der Waals surface area (Å²) >= 11 is 1.51. The monoisotopic (exact) mass is 418 g/mol. The van der Waals surface area contributed by atoms with Gasteiger partial charge in [-0.3, -0.25) is 9.69 Å². The maximum absolute atomic E-state index is 13.6. The van der Waals surface area contributed by atoms with E-state index in [9.17, 15) is 4.79 Å². The van der Waals surface area contributed by atoms with Crippen molar-refractivity contribution in [2.24, 2.45) is 0 Å². The van der Waals surface area contributed by atoms with Crippen molar-refractivity contribution in [3.05, 3.63) is 83.4 Å². The van der Waals surface area contributed by atoms with Crippen LogP contribution >= 0.6 is 11.3 Å². The number of carbonyl (C=O) groups excluding carboxylic acids is 1. The molecule has 0 radical (unpaired) electrons. The van der Waals surface area contributed by atoms with Crippen molar-refractivity contribution >= 4 is 32.6 Å². The van der Waals surface area contributed by atoms with Crippen LogP contribution in [-0.4, -0.2) is 25.1 Å². The molecule has 0 aliphatic rings. The Kier molecular flexibility index (Phi) is 5.68. The first-order valence-corrected chi connectivity index (χ1v) is 10.4. The molecule has 1 heterocycles. The van der Waals surface area contributed by atoms with Gasteiger partial charge < -0.3 is 9.47 Å². The molecule has 6 heteroatoms. The number of ether oxygens (including phenoxy) is 2. The fourth-order valence-electron chi connectivity index (χ4n) is 3.27. The van der Waals surface area contributed by atoms with Crippen LogP contribution in [0.1, 0.15) is 21.5 Å². The van der Waals surface area contributed by atoms with Crippen molar-refractivity contribution in [3.8, 4) is 11.5 Å². The van der Waals surface area contributed by atoms with Crippen LogP contribution in [0, 0.1) is 6.92 Å². The number of thiazole rings is 1. The topological polar surface area (TPSA) is 51.7 Å². The Morgan fingerprint density at radius 2 is 1.67 bits per heavy atom. The first-order valence-electron chi connectivity index (χ1n) is 9.54. The molecule has 3 aromatic carbocycles. The molecule has 0 saturated carbocycles. The summed E-state index contributed by atoms with van der Waals surface area (Å²) in [5, 5.41) is 0.662. The van der Waals surface area contributed by atoms with Crippen LogP contribution in [0.25, 0.3) is 10.2 Å². The first kappa shape index (κ1) is 19.9. The molecule has 0 N–H and O–H groups in total. The summed E-state index contributed by atoms with van der Waals surface area (Å²) in [6.07, 6.45) is 0. The SMILES string of the molecule is COc1cc(OC)cc(C(=O)N(Cc2ccccc2)c2nc3c(C)cccc3s2)c1. The van der Waals surface area contributed by atoms with E-state index in [2.05, 4.69) is 0 Å². The number of nitrogens with zero attached hydrogens (tertiary/aromatic N) is 2. The molecule has 0 aliphatic heterocycles. The van der Waals surface area contributed by atoms with Gasteiger partial charge in [0.05, 0.1) is 31.0 Å². The molecule has 0 saturated heterocycles. The molecule has 0 fully saturated rings. The summed E-state index contributed by atoms with van der Waals surface area (Å²) < 4.78 is 11.8. The number of para-hydroxylation sites is 1. The van der Waals surface area contributed by atoms with E-state index in [1.807, 2.05) is 55.5 Å². The molecule has 4 rings (SSSR count). The number of anilines is 1. The minimum atomic E-state index is -0.159. The van der Waals surface area contributed by atoms with Gasteiger partial charge in [0.15, 0.2) is 5.13 Å². The normalized spacial score (nSPS) is 10.8. The average Bonchev–Trinajstić information content (AvgIpc) is 3.22. The first-order chi connectivity index (χ1) is 14.6. The molecular weight excluding hydrogens is 396 g/mol. The van der Waals surface area contributed by atoms with Gasteiger partial charge in [0, 0.05) is 11.6 Å². The Bertz CT molecular complexity index is 1170. The second kappa shape index (κ2) is 8.55. The van der Waals surface area contributed by atoms with Crippen molar-refractivity contribution in [3.63, 3.8) is 0 Å². The lowest BCUT2D eigenvalue weighted by molar-refractivity contribution is 0.0984. The van der Waals surface area contributed by atoms with Gasteiger partial charge in [-0.15, -0.1) is 0 Å². The highest BCUT2D eigenvalue weighted by Crippen LogP contribution is 2.33. The fraction of sp³-hybridized carbons (Fsp3) is 0.167. The molecule has 0 unspecified atom stereocenters. The van der Waals surface area contributed by atoms with Crippen molar-refractivity contribution in [1.82, 2.24) is 4.98 Å². The quantitative estimate of drug-likeness (QED) is 0.417. The molecule has 30 heavy (non-hydrogen) atoms. The van der Waals surface area contributed by atoms with Crippen LogP contribution in [-0.2, 0) is 6.54 Å². The van der Waals surface area contributed by atoms with E-state index >= 15 is 0 Å². The lowest BCUT2D eigenvalue weighted by Gasteiger charge is -2.21. The predicted octanol–water partition coefficient (Wildman–Crippen LogP) is 5.47. The lowest BCUT2D eigenvalue weighted by Crippen LogP contribution is -2.30. The van der Waals surface area contributed by atoms with Crippen molar-refractivity contribution in [2.45, 2.75) is 13.5 Å². The zero-order valence-corrected chi connectivity index (χ0v) is 17.9. The summed E-state index contributed by atoms with van der Waals surface area (Å²) in [7, 11) is 3.14. The predicted molar refractivity (Wildman–Crippen MR) is 121 cm³/mol. The van der Waals surface area contributed by atoms with Gasteiger partial charge in [0.1, 0.15) is 11.5 Å². The van der Waals surface area contributed by atoms with Crippen LogP contribution in [0.5, 0.6) is 11.5 Å².